The van der Waals surface area contributed by atoms with E-state index in [1.54, 1.807) is 0 Å². The minimum atomic E-state index is -1.38. The number of hydrogen-bond donors (Lipinski definition) is 0. The van der Waals surface area contributed by atoms with E-state index in [1.165, 1.54) is 0 Å². The van der Waals surface area contributed by atoms with Crippen LogP contribution >= 0.6 is 0 Å². The Labute approximate surface area is 144 Å². The van der Waals surface area contributed by atoms with Gasteiger partial charge in [0.1, 0.15) is 6.10 Å². The normalized spacial score (nSPS) is 28.2. The first-order valence-corrected chi connectivity index (χ1v) is 7.43. The molecule has 1 heterocycles. The highest BCUT2D eigenvalue weighted by Gasteiger charge is 2.52. The van der Waals surface area contributed by atoms with Gasteiger partial charge in [-0.1, -0.05) is 0 Å². The predicted octanol–water partition coefficient (Wildman–Crippen LogP) is 0.0928. The fraction of sp³-hybridized carbons (Fsp3) is 0.625. The van der Waals surface area contributed by atoms with Crippen molar-refractivity contribution in [1.82, 2.24) is 0 Å². The van der Waals surface area contributed by atoms with Crippen LogP contribution in [0, 0.1) is 12.3 Å². The van der Waals surface area contributed by atoms with Gasteiger partial charge in [-0.25, -0.2) is 0 Å². The van der Waals surface area contributed by atoms with Gasteiger partial charge in [-0.3, -0.25) is 19.2 Å². The summed E-state index contributed by atoms with van der Waals surface area (Å²) in [7, 11) is 0. The van der Waals surface area contributed by atoms with Crippen molar-refractivity contribution in [3.63, 3.8) is 0 Å². The van der Waals surface area contributed by atoms with E-state index in [2.05, 4.69) is 5.92 Å². The fourth-order valence-corrected chi connectivity index (χ4v) is 2.39. The molecule has 0 spiro atoms. The summed E-state index contributed by atoms with van der Waals surface area (Å²) in [5.74, 6) is -0.511. The van der Waals surface area contributed by atoms with E-state index in [1.807, 2.05) is 0 Å². The molecule has 1 aliphatic rings. The summed E-state index contributed by atoms with van der Waals surface area (Å²) in [6, 6.07) is 0. The maximum absolute atomic E-state index is 11.5. The van der Waals surface area contributed by atoms with Crippen molar-refractivity contribution in [1.29, 1.82) is 0 Å². The van der Waals surface area contributed by atoms with Crippen LogP contribution in [0.3, 0.4) is 0 Å². The van der Waals surface area contributed by atoms with Crippen molar-refractivity contribution in [2.75, 3.05) is 0 Å². The molecule has 0 bridgehead atoms. The van der Waals surface area contributed by atoms with Crippen LogP contribution in [0.1, 0.15) is 34.1 Å². The van der Waals surface area contributed by atoms with Gasteiger partial charge in [-0.2, -0.15) is 0 Å². The van der Waals surface area contributed by atoms with Gasteiger partial charge in [-0.05, 0) is 0 Å². The molecule has 1 unspecified atom stereocenters. The molecule has 1 saturated heterocycles. The van der Waals surface area contributed by atoms with E-state index in [0.717, 1.165) is 27.7 Å². The molecule has 25 heavy (non-hydrogen) atoms. The van der Waals surface area contributed by atoms with Crippen LogP contribution in [0.2, 0.25) is 0 Å². The number of carbonyl (C=O) groups is 4. The summed E-state index contributed by atoms with van der Waals surface area (Å²) < 4.78 is 26.0. The zero-order chi connectivity index (χ0) is 19.1. The second kappa shape index (κ2) is 9.03. The van der Waals surface area contributed by atoms with Crippen LogP contribution in [0.5, 0.6) is 0 Å². The third-order valence-corrected chi connectivity index (χ3v) is 3.10. The minimum Gasteiger partial charge on any atom is -0.456 e. The molecule has 0 saturated carbocycles. The Balaban J connectivity index is 3.28. The monoisotopic (exact) mass is 356 g/mol. The summed E-state index contributed by atoms with van der Waals surface area (Å²) in [6.45, 7) is 4.52. The lowest BCUT2D eigenvalue weighted by Gasteiger charge is -2.43. The Morgan fingerprint density at radius 2 is 1.24 bits per heavy atom. The van der Waals surface area contributed by atoms with Crippen LogP contribution in [0.4, 0.5) is 0 Å². The highest BCUT2D eigenvalue weighted by Crippen LogP contribution is 2.30. The van der Waals surface area contributed by atoms with E-state index in [0.29, 0.717) is 0 Å². The van der Waals surface area contributed by atoms with E-state index in [9.17, 15) is 19.2 Å². The Kier molecular flexibility index (Phi) is 7.39. The topological polar surface area (TPSA) is 114 Å². The Bertz CT molecular complexity index is 577. The lowest BCUT2D eigenvalue weighted by Crippen LogP contribution is -2.62. The molecule has 0 N–H and O–H groups in total. The van der Waals surface area contributed by atoms with Crippen LogP contribution < -0.4 is 0 Å². The summed E-state index contributed by atoms with van der Waals surface area (Å²) >= 11 is 0. The third kappa shape index (κ3) is 6.08. The Morgan fingerprint density at radius 1 is 0.800 bits per heavy atom. The first-order valence-electron chi connectivity index (χ1n) is 7.43. The average molecular weight is 356 g/mol. The number of carbonyl (C=O) groups excluding carboxylic acids is 4. The number of hydrogen-bond acceptors (Lipinski definition) is 9. The molecule has 0 aromatic rings. The molecular weight excluding hydrogens is 336 g/mol. The van der Waals surface area contributed by atoms with Gasteiger partial charge < -0.3 is 23.7 Å². The predicted molar refractivity (Wildman–Crippen MR) is 80.5 cm³/mol. The summed E-state index contributed by atoms with van der Waals surface area (Å²) in [5, 5.41) is 0. The van der Waals surface area contributed by atoms with Gasteiger partial charge in [0.15, 0.2) is 12.2 Å². The molecule has 9 heteroatoms. The van der Waals surface area contributed by atoms with E-state index >= 15 is 0 Å². The second-order valence-corrected chi connectivity index (χ2v) is 5.28. The van der Waals surface area contributed by atoms with Gasteiger partial charge >= 0.3 is 23.9 Å². The fourth-order valence-electron chi connectivity index (χ4n) is 2.39. The molecule has 1 fully saturated rings. The zero-order valence-corrected chi connectivity index (χ0v) is 14.3. The summed E-state index contributed by atoms with van der Waals surface area (Å²) in [4.78, 5) is 45.6. The number of rotatable bonds is 5. The van der Waals surface area contributed by atoms with Crippen LogP contribution in [0.25, 0.3) is 0 Å². The Hall–Kier alpha value is -2.60. The van der Waals surface area contributed by atoms with Gasteiger partial charge in [-0.15, -0.1) is 12.3 Å². The lowest BCUT2D eigenvalue weighted by molar-refractivity contribution is -0.294. The van der Waals surface area contributed by atoms with Crippen molar-refractivity contribution < 1.29 is 42.9 Å². The molecule has 5 atom stereocenters. The quantitative estimate of drug-likeness (QED) is 0.384. The third-order valence-electron chi connectivity index (χ3n) is 3.10. The highest BCUT2D eigenvalue weighted by atomic mass is 16.7. The van der Waals surface area contributed by atoms with Gasteiger partial charge in [0, 0.05) is 34.1 Å². The van der Waals surface area contributed by atoms with Gasteiger partial charge in [0.25, 0.3) is 0 Å². The van der Waals surface area contributed by atoms with Gasteiger partial charge in [0.2, 0.25) is 12.4 Å². The number of terminal acetylenes is 1. The number of esters is 4. The second-order valence-electron chi connectivity index (χ2n) is 5.28. The molecule has 0 aromatic heterocycles. The molecule has 0 aliphatic carbocycles. The summed E-state index contributed by atoms with van der Waals surface area (Å²) in [6.07, 6.45) is -0.789. The SMILES string of the molecule is C#CC[C@@H]1OC(OC(C)=O)[C@H](OC(C)=O)[C@H](OC(C)=O)[C@@H]1OC(C)=O. The first kappa shape index (κ1) is 20.4. The maximum atomic E-state index is 11.5. The largest absolute Gasteiger partial charge is 0.456 e. The Morgan fingerprint density at radius 3 is 1.68 bits per heavy atom. The zero-order valence-electron chi connectivity index (χ0n) is 14.3. The average Bonchev–Trinajstić information content (AvgIpc) is 2.45. The van der Waals surface area contributed by atoms with Crippen molar-refractivity contribution in [2.45, 2.75) is 64.8 Å². The first-order chi connectivity index (χ1) is 11.6. The highest BCUT2D eigenvalue weighted by molar-refractivity contribution is 5.69. The van der Waals surface area contributed by atoms with Crippen molar-refractivity contribution in [3.8, 4) is 12.3 Å². The molecule has 0 amide bonds. The maximum Gasteiger partial charge on any atom is 0.305 e. The van der Waals surface area contributed by atoms with Crippen LogP contribution in [-0.4, -0.2) is 54.6 Å². The van der Waals surface area contributed by atoms with Gasteiger partial charge in [0.05, 0.1) is 0 Å². The number of ether oxygens (including phenoxy) is 5. The van der Waals surface area contributed by atoms with E-state index < -0.39 is 54.6 Å². The molecule has 1 rings (SSSR count). The molecule has 0 aromatic carbocycles. The molecule has 9 nitrogen and oxygen atoms in total. The molecule has 0 radical (unpaired) electrons. The minimum absolute atomic E-state index is 0.0275. The standard InChI is InChI=1S/C16H20O9/c1-6-7-12-13(21-8(2)17)14(22-9(3)18)15(23-10(4)19)16(25-12)24-11(5)20/h1,12-16H,7H2,2-5H3/t12-,13+,14+,15+,16?/m0/s1. The van der Waals surface area contributed by atoms with Crippen molar-refractivity contribution in [2.24, 2.45) is 0 Å². The molecule has 138 valence electrons. The van der Waals surface area contributed by atoms with Crippen molar-refractivity contribution in [3.05, 3.63) is 0 Å². The van der Waals surface area contributed by atoms with Crippen LogP contribution in [-0.2, 0) is 42.9 Å². The van der Waals surface area contributed by atoms with E-state index in [-0.39, 0.29) is 6.42 Å². The van der Waals surface area contributed by atoms with Crippen LogP contribution in [0.15, 0.2) is 0 Å². The molecule has 1 aliphatic heterocycles. The smallest absolute Gasteiger partial charge is 0.305 e. The van der Waals surface area contributed by atoms with E-state index in [4.69, 9.17) is 30.1 Å². The lowest BCUT2D eigenvalue weighted by atomic mass is 9.96. The molecular formula is C16H20O9. The van der Waals surface area contributed by atoms with Crippen molar-refractivity contribution >= 4 is 23.9 Å². The summed E-state index contributed by atoms with van der Waals surface area (Å²) in [5.41, 5.74) is 0.